The molecule has 0 aromatic carbocycles. The third kappa shape index (κ3) is 0.598. The molecule has 28 valence electrons. The van der Waals surface area contributed by atoms with Crippen molar-refractivity contribution in [1.29, 1.82) is 0 Å². The van der Waals surface area contributed by atoms with Gasteiger partial charge < -0.3 is 0 Å². The van der Waals surface area contributed by atoms with Crippen LogP contribution in [0.1, 0.15) is 6.42 Å². The lowest BCUT2D eigenvalue weighted by Gasteiger charge is -2.12. The third-order valence-corrected chi connectivity index (χ3v) is 1.47. The van der Waals surface area contributed by atoms with Crippen LogP contribution in [0.25, 0.3) is 0 Å². The molecule has 0 aromatic heterocycles. The van der Waals surface area contributed by atoms with Crippen LogP contribution in [0.2, 0.25) is 12.6 Å². The van der Waals surface area contributed by atoms with Crippen molar-refractivity contribution < 1.29 is 0 Å². The van der Waals surface area contributed by atoms with Crippen LogP contribution in [-0.4, -0.2) is 6.13 Å². The molecule has 1 aliphatic heterocycles. The lowest BCUT2D eigenvalue weighted by molar-refractivity contribution is 0.961. The lowest BCUT2D eigenvalue weighted by Crippen LogP contribution is -2.12. The summed E-state index contributed by atoms with van der Waals surface area (Å²) in [6.45, 7) is 0. The predicted molar refractivity (Wildman–Crippen MR) is 25.8 cm³/mol. The van der Waals surface area contributed by atoms with Gasteiger partial charge in [-0.05, 0) is 0 Å². The number of rotatable bonds is 0. The lowest BCUT2D eigenvalue weighted by atomic mass is 9.56. The van der Waals surface area contributed by atoms with Gasteiger partial charge in [-0.15, -0.1) is 0 Å². The number of hydrogen-bond donors (Lipinski definition) is 0. The van der Waals surface area contributed by atoms with Crippen LogP contribution < -0.4 is 0 Å². The van der Waals surface area contributed by atoms with Gasteiger partial charge in [-0.1, -0.05) is 19.1 Å². The van der Waals surface area contributed by atoms with Crippen LogP contribution in [0, 0.1) is 0 Å². The first-order chi connectivity index (χ1) is 2.39. The van der Waals surface area contributed by atoms with Gasteiger partial charge >= 0.3 is 0 Å². The van der Waals surface area contributed by atoms with E-state index < -0.39 is 0 Å². The van der Waals surface area contributed by atoms with Crippen LogP contribution in [0.5, 0.6) is 0 Å². The molecule has 0 N–H and O–H groups in total. The normalized spacial score (nSPS) is 22.2. The molecule has 5 heavy (non-hydrogen) atoms. The van der Waals surface area contributed by atoms with Crippen molar-refractivity contribution in [3.63, 3.8) is 0 Å². The van der Waals surface area contributed by atoms with Crippen molar-refractivity contribution in [3.05, 3.63) is 0 Å². The molecule has 1 rings (SSSR count). The summed E-state index contributed by atoms with van der Waals surface area (Å²) in [7, 11) is 0. The highest BCUT2D eigenvalue weighted by atomic mass is 35.5. The Morgan fingerprint density at radius 2 is 1.80 bits per heavy atom. The Morgan fingerprint density at radius 1 is 1.40 bits per heavy atom. The summed E-state index contributed by atoms with van der Waals surface area (Å²) in [4.78, 5) is 0. The second-order valence-corrected chi connectivity index (χ2v) is 2.15. The van der Waals surface area contributed by atoms with E-state index in [0.717, 1.165) is 0 Å². The summed E-state index contributed by atoms with van der Waals surface area (Å²) in [6, 6.07) is 0. The van der Waals surface area contributed by atoms with Crippen LogP contribution in [0.4, 0.5) is 0 Å². The SMILES string of the molecule is ClB1CCC1. The molecule has 0 saturated carbocycles. The van der Waals surface area contributed by atoms with Gasteiger partial charge in [-0.25, -0.2) is 0 Å². The zero-order valence-electron chi connectivity index (χ0n) is 3.08. The smallest absolute Gasteiger partial charge is 0.196 e. The fourth-order valence-electron chi connectivity index (χ4n) is 0.358. The largest absolute Gasteiger partial charge is 0.250 e. The summed E-state index contributed by atoms with van der Waals surface area (Å²) in [5, 5.41) is 0. The first kappa shape index (κ1) is 3.54. The minimum Gasteiger partial charge on any atom is -0.196 e. The molecular weight excluding hydrogens is 82.3 g/mol. The van der Waals surface area contributed by atoms with Gasteiger partial charge in [0.25, 0.3) is 6.13 Å². The van der Waals surface area contributed by atoms with Crippen LogP contribution >= 0.6 is 11.5 Å². The van der Waals surface area contributed by atoms with E-state index in [-0.39, 0.29) is 0 Å². The Kier molecular flexibility index (Phi) is 0.860. The van der Waals surface area contributed by atoms with Crippen molar-refractivity contribution in [2.24, 2.45) is 0 Å². The van der Waals surface area contributed by atoms with Gasteiger partial charge in [0.05, 0.1) is 0 Å². The average molecular weight is 88.3 g/mol. The highest BCUT2D eigenvalue weighted by Gasteiger charge is 2.17. The van der Waals surface area contributed by atoms with Gasteiger partial charge in [0.15, 0.2) is 0 Å². The van der Waals surface area contributed by atoms with Crippen molar-refractivity contribution in [3.8, 4) is 0 Å². The maximum atomic E-state index is 5.55. The summed E-state index contributed by atoms with van der Waals surface area (Å²) in [5.74, 6) is 0. The molecule has 0 unspecified atom stereocenters. The average Bonchev–Trinajstić information content (AvgIpc) is 1.30. The van der Waals surface area contributed by atoms with E-state index in [1.165, 1.54) is 19.1 Å². The summed E-state index contributed by atoms with van der Waals surface area (Å²) in [5.41, 5.74) is 0. The molecule has 0 aliphatic carbocycles. The van der Waals surface area contributed by atoms with E-state index in [2.05, 4.69) is 0 Å². The third-order valence-electron chi connectivity index (χ3n) is 1.03. The first-order valence-electron chi connectivity index (χ1n) is 2.03. The maximum absolute atomic E-state index is 5.55. The quantitative estimate of drug-likeness (QED) is 0.395. The molecule has 0 atom stereocenters. The molecular formula is C3H6BCl. The molecule has 0 radical (unpaired) electrons. The fourth-order valence-corrected chi connectivity index (χ4v) is 0.667. The van der Waals surface area contributed by atoms with Gasteiger partial charge in [0.1, 0.15) is 0 Å². The van der Waals surface area contributed by atoms with Crippen LogP contribution in [-0.2, 0) is 0 Å². The van der Waals surface area contributed by atoms with Gasteiger partial charge in [0, 0.05) is 0 Å². The zero-order valence-corrected chi connectivity index (χ0v) is 3.83. The van der Waals surface area contributed by atoms with E-state index in [9.17, 15) is 0 Å². The first-order valence-corrected chi connectivity index (χ1v) is 2.47. The Morgan fingerprint density at radius 3 is 1.80 bits per heavy atom. The minimum absolute atomic E-state index is 0.537. The van der Waals surface area contributed by atoms with Crippen molar-refractivity contribution in [2.75, 3.05) is 0 Å². The van der Waals surface area contributed by atoms with Gasteiger partial charge in [0.2, 0.25) is 0 Å². The van der Waals surface area contributed by atoms with Crippen molar-refractivity contribution in [1.82, 2.24) is 0 Å². The predicted octanol–water partition coefficient (Wildman–Crippen LogP) is 1.62. The van der Waals surface area contributed by atoms with Crippen LogP contribution in [0.15, 0.2) is 0 Å². The monoisotopic (exact) mass is 88.0 g/mol. The zero-order chi connectivity index (χ0) is 3.70. The number of hydrogen-bond acceptors (Lipinski definition) is 0. The molecule has 0 amide bonds. The Balaban J connectivity index is 2.08. The van der Waals surface area contributed by atoms with Crippen molar-refractivity contribution >= 4 is 17.6 Å². The molecule has 2 heteroatoms. The Labute approximate surface area is 37.5 Å². The number of halogens is 1. The Hall–Kier alpha value is 0.355. The van der Waals surface area contributed by atoms with E-state index >= 15 is 0 Å². The van der Waals surface area contributed by atoms with Crippen LogP contribution in [0.3, 0.4) is 0 Å². The molecule has 1 fully saturated rings. The summed E-state index contributed by atoms with van der Waals surface area (Å²) in [6.07, 6.45) is 4.40. The second kappa shape index (κ2) is 1.21. The molecule has 0 spiro atoms. The molecule has 1 heterocycles. The fraction of sp³-hybridized carbons (Fsp3) is 1.00. The van der Waals surface area contributed by atoms with Gasteiger partial charge in [-0.2, -0.15) is 11.5 Å². The van der Waals surface area contributed by atoms with Gasteiger partial charge in [-0.3, -0.25) is 0 Å². The van der Waals surface area contributed by atoms with Crippen molar-refractivity contribution in [2.45, 2.75) is 19.1 Å². The van der Waals surface area contributed by atoms with E-state index in [1.54, 1.807) is 0 Å². The molecule has 1 aliphatic rings. The maximum Gasteiger partial charge on any atom is 0.250 e. The molecule has 0 aromatic rings. The van der Waals surface area contributed by atoms with E-state index in [4.69, 9.17) is 11.5 Å². The molecule has 1 saturated heterocycles. The Bertz CT molecular complexity index is 33.9. The van der Waals surface area contributed by atoms with E-state index in [1.807, 2.05) is 0 Å². The summed E-state index contributed by atoms with van der Waals surface area (Å²) < 4.78 is 0. The summed E-state index contributed by atoms with van der Waals surface area (Å²) >= 11 is 5.55. The topological polar surface area (TPSA) is 0 Å². The highest BCUT2D eigenvalue weighted by Crippen LogP contribution is 2.22. The highest BCUT2D eigenvalue weighted by molar-refractivity contribution is 7.08. The molecule has 0 nitrogen and oxygen atoms in total. The molecule has 0 bridgehead atoms. The van der Waals surface area contributed by atoms with E-state index in [0.29, 0.717) is 6.13 Å². The standard InChI is InChI=1S/C3H6BCl/c5-4-2-1-3-4/h1-3H2. The minimum atomic E-state index is 0.537. The second-order valence-electron chi connectivity index (χ2n) is 1.53.